The monoisotopic (exact) mass is 642 g/mol. The van der Waals surface area contributed by atoms with Gasteiger partial charge in [-0.15, -0.1) is 0 Å². The highest BCUT2D eigenvalue weighted by molar-refractivity contribution is 6.27. The minimum atomic E-state index is -0.708. The first-order chi connectivity index (χ1) is 23.4. The van der Waals surface area contributed by atoms with Crippen molar-refractivity contribution in [2.24, 2.45) is 0 Å². The third-order valence-corrected chi connectivity index (χ3v) is 8.82. The third kappa shape index (κ3) is 6.66. The predicted molar refractivity (Wildman–Crippen MR) is 194 cm³/mol. The molecule has 0 fully saturated rings. The second-order valence-corrected chi connectivity index (χ2v) is 12.4. The number of carbonyl (C=O) groups is 2. The third-order valence-electron chi connectivity index (χ3n) is 8.82. The quantitative estimate of drug-likeness (QED) is 0.0606. The molecule has 0 unspecified atom stereocenters. The molecule has 0 radical (unpaired) electrons. The van der Waals surface area contributed by atoms with Crippen LogP contribution in [0.25, 0.3) is 54.2 Å². The molecule has 0 amide bonds. The van der Waals surface area contributed by atoms with Gasteiger partial charge in [0.25, 0.3) is 0 Å². The standard InChI is InChI=1S/C42H42O6/c1-5-7-13-23-45-41(43)47-39-31-17-11-9-15-29(31)37(35-25-27(3)19-21-33(35)39)38-30-16-10-12-18-32(30)40(34-22-20-28(4)26-36(34)38)48-42(44)46-24-14-8-6-2/h9-12,15-22,25-26H,5-8,13-14,23-24H2,1-4H3. The van der Waals surface area contributed by atoms with E-state index >= 15 is 0 Å². The van der Waals surface area contributed by atoms with E-state index in [0.717, 1.165) is 104 Å². The van der Waals surface area contributed by atoms with E-state index in [0.29, 0.717) is 24.7 Å². The summed E-state index contributed by atoms with van der Waals surface area (Å²) in [6.07, 6.45) is 4.21. The number of fused-ring (bicyclic) bond motifs is 4. The molecule has 0 spiro atoms. The van der Waals surface area contributed by atoms with E-state index in [1.165, 1.54) is 0 Å². The van der Waals surface area contributed by atoms with Gasteiger partial charge in [0, 0.05) is 21.5 Å². The minimum absolute atomic E-state index is 0.317. The Kier molecular flexibility index (Phi) is 10.1. The lowest BCUT2D eigenvalue weighted by Gasteiger charge is -2.21. The van der Waals surface area contributed by atoms with Gasteiger partial charge >= 0.3 is 12.3 Å². The van der Waals surface area contributed by atoms with Crippen molar-refractivity contribution in [3.05, 3.63) is 96.1 Å². The fourth-order valence-electron chi connectivity index (χ4n) is 6.50. The fraction of sp³-hybridized carbons (Fsp3) is 0.286. The van der Waals surface area contributed by atoms with Crippen LogP contribution in [0, 0.1) is 13.8 Å². The van der Waals surface area contributed by atoms with E-state index in [4.69, 9.17) is 18.9 Å². The average molecular weight is 643 g/mol. The van der Waals surface area contributed by atoms with Crippen molar-refractivity contribution >= 4 is 55.4 Å². The van der Waals surface area contributed by atoms with E-state index in [9.17, 15) is 9.59 Å². The van der Waals surface area contributed by atoms with Crippen LogP contribution < -0.4 is 9.47 Å². The Bertz CT molecular complexity index is 1980. The largest absolute Gasteiger partial charge is 0.513 e. The Balaban J connectivity index is 1.61. The van der Waals surface area contributed by atoms with Gasteiger partial charge in [0.2, 0.25) is 0 Å². The molecular weight excluding hydrogens is 600 g/mol. The summed E-state index contributed by atoms with van der Waals surface area (Å²) in [6.45, 7) is 8.97. The van der Waals surface area contributed by atoms with Gasteiger partial charge in [-0.25, -0.2) is 9.59 Å². The molecule has 0 saturated carbocycles. The molecule has 0 bridgehead atoms. The molecule has 0 heterocycles. The molecule has 0 N–H and O–H groups in total. The fourth-order valence-corrected chi connectivity index (χ4v) is 6.50. The number of unbranched alkanes of at least 4 members (excludes halogenated alkanes) is 4. The maximum atomic E-state index is 13.0. The van der Waals surface area contributed by atoms with Crippen LogP contribution in [0.3, 0.4) is 0 Å². The second-order valence-electron chi connectivity index (χ2n) is 12.4. The number of hydrogen-bond acceptors (Lipinski definition) is 6. The number of rotatable bonds is 11. The molecule has 0 saturated heterocycles. The molecule has 6 nitrogen and oxygen atoms in total. The number of ether oxygens (including phenoxy) is 4. The van der Waals surface area contributed by atoms with Gasteiger partial charge in [0.15, 0.2) is 0 Å². The Morgan fingerprint density at radius 2 is 0.854 bits per heavy atom. The number of aryl methyl sites for hydroxylation is 2. The van der Waals surface area contributed by atoms with Gasteiger partial charge in [-0.1, -0.05) is 136 Å². The summed E-state index contributed by atoms with van der Waals surface area (Å²) < 4.78 is 23.0. The lowest BCUT2D eigenvalue weighted by molar-refractivity contribution is 0.0973. The minimum Gasteiger partial charge on any atom is -0.434 e. The van der Waals surface area contributed by atoms with Crippen molar-refractivity contribution in [2.75, 3.05) is 13.2 Å². The summed E-state index contributed by atoms with van der Waals surface area (Å²) in [7, 11) is 0. The van der Waals surface area contributed by atoms with Crippen molar-refractivity contribution in [3.63, 3.8) is 0 Å². The van der Waals surface area contributed by atoms with E-state index < -0.39 is 12.3 Å². The van der Waals surface area contributed by atoms with Gasteiger partial charge in [-0.2, -0.15) is 0 Å². The Morgan fingerprint density at radius 3 is 1.25 bits per heavy atom. The van der Waals surface area contributed by atoms with Crippen LogP contribution in [0.1, 0.15) is 63.5 Å². The van der Waals surface area contributed by atoms with E-state index in [-0.39, 0.29) is 0 Å². The maximum Gasteiger partial charge on any atom is 0.513 e. The summed E-state index contributed by atoms with van der Waals surface area (Å²) in [5, 5.41) is 6.97. The van der Waals surface area contributed by atoms with Crippen LogP contribution >= 0.6 is 0 Å². The van der Waals surface area contributed by atoms with Crippen molar-refractivity contribution in [2.45, 2.75) is 66.2 Å². The Hall–Kier alpha value is -5.10. The number of benzene rings is 6. The van der Waals surface area contributed by atoms with Gasteiger partial charge in [0.1, 0.15) is 11.5 Å². The van der Waals surface area contributed by atoms with Gasteiger partial charge in [-0.3, -0.25) is 0 Å². The maximum absolute atomic E-state index is 13.0. The SMILES string of the molecule is CCCCCOC(=O)Oc1c2ccccc2c(-c2c3ccccc3c(OC(=O)OCCCCC)c3ccc(C)cc23)c2cc(C)ccc12. The van der Waals surface area contributed by atoms with Crippen LogP contribution in [0.2, 0.25) is 0 Å². The van der Waals surface area contributed by atoms with Gasteiger partial charge < -0.3 is 18.9 Å². The number of carbonyl (C=O) groups excluding carboxylic acids is 2. The van der Waals surface area contributed by atoms with Gasteiger partial charge in [0.05, 0.1) is 13.2 Å². The highest BCUT2D eigenvalue weighted by atomic mass is 16.7. The summed E-state index contributed by atoms with van der Waals surface area (Å²) >= 11 is 0. The van der Waals surface area contributed by atoms with Crippen LogP contribution in [0.5, 0.6) is 11.5 Å². The molecule has 0 aliphatic carbocycles. The van der Waals surface area contributed by atoms with E-state index in [1.807, 2.05) is 60.7 Å². The molecule has 6 aromatic carbocycles. The van der Waals surface area contributed by atoms with Crippen molar-refractivity contribution in [1.29, 1.82) is 0 Å². The highest BCUT2D eigenvalue weighted by Gasteiger charge is 2.24. The van der Waals surface area contributed by atoms with Crippen molar-refractivity contribution in [3.8, 4) is 22.6 Å². The van der Waals surface area contributed by atoms with Crippen LogP contribution in [0.4, 0.5) is 9.59 Å². The smallest absolute Gasteiger partial charge is 0.434 e. The molecular formula is C42H42O6. The van der Waals surface area contributed by atoms with Crippen LogP contribution in [0.15, 0.2) is 84.9 Å². The van der Waals surface area contributed by atoms with Crippen molar-refractivity contribution in [1.82, 2.24) is 0 Å². The second kappa shape index (κ2) is 14.8. The Labute approximate surface area is 281 Å². The van der Waals surface area contributed by atoms with Crippen LogP contribution in [-0.2, 0) is 9.47 Å². The summed E-state index contributed by atoms with van der Waals surface area (Å²) in [6, 6.07) is 28.4. The first-order valence-electron chi connectivity index (χ1n) is 17.0. The molecule has 48 heavy (non-hydrogen) atoms. The van der Waals surface area contributed by atoms with Gasteiger partial charge in [-0.05, 0) is 59.4 Å². The van der Waals surface area contributed by atoms with E-state index in [2.05, 4.69) is 52.0 Å². The molecule has 246 valence electrons. The molecule has 6 rings (SSSR count). The lowest BCUT2D eigenvalue weighted by atomic mass is 9.84. The molecule has 6 aromatic rings. The zero-order chi connectivity index (χ0) is 33.6. The molecule has 0 aromatic heterocycles. The zero-order valence-electron chi connectivity index (χ0n) is 28.2. The number of hydrogen-bond donors (Lipinski definition) is 0. The first-order valence-corrected chi connectivity index (χ1v) is 17.0. The summed E-state index contributed by atoms with van der Waals surface area (Å²) in [5.74, 6) is 0.945. The summed E-state index contributed by atoms with van der Waals surface area (Å²) in [4.78, 5) is 26.0. The molecule has 0 atom stereocenters. The molecule has 6 heteroatoms. The lowest BCUT2D eigenvalue weighted by Crippen LogP contribution is -2.12. The predicted octanol–water partition coefficient (Wildman–Crippen LogP) is 12.0. The topological polar surface area (TPSA) is 71.1 Å². The zero-order valence-corrected chi connectivity index (χ0v) is 28.2. The first kappa shape index (κ1) is 32.8. The normalized spacial score (nSPS) is 11.3. The van der Waals surface area contributed by atoms with Crippen LogP contribution in [-0.4, -0.2) is 25.5 Å². The highest BCUT2D eigenvalue weighted by Crippen LogP contribution is 2.50. The summed E-state index contributed by atoms with van der Waals surface area (Å²) in [5.41, 5.74) is 4.16. The van der Waals surface area contributed by atoms with E-state index in [1.54, 1.807) is 0 Å². The molecule has 0 aliphatic heterocycles. The Morgan fingerprint density at radius 1 is 0.479 bits per heavy atom. The van der Waals surface area contributed by atoms with Crippen molar-refractivity contribution < 1.29 is 28.5 Å². The average Bonchev–Trinajstić information content (AvgIpc) is 3.09. The molecule has 0 aliphatic rings.